The van der Waals surface area contributed by atoms with Crippen LogP contribution in [0.5, 0.6) is 0 Å². The van der Waals surface area contributed by atoms with Gasteiger partial charge in [-0.05, 0) is 49.4 Å². The van der Waals surface area contributed by atoms with Crippen LogP contribution in [0.15, 0.2) is 54.7 Å². The van der Waals surface area contributed by atoms with E-state index in [4.69, 9.17) is 14.7 Å². The van der Waals surface area contributed by atoms with E-state index in [2.05, 4.69) is 68.3 Å². The molecule has 2 aliphatic heterocycles. The van der Waals surface area contributed by atoms with Gasteiger partial charge < -0.3 is 14.2 Å². The zero-order chi connectivity index (χ0) is 24.2. The van der Waals surface area contributed by atoms with E-state index in [1.54, 1.807) is 0 Å². The van der Waals surface area contributed by atoms with Gasteiger partial charge in [0.1, 0.15) is 11.5 Å². The van der Waals surface area contributed by atoms with Crippen LogP contribution in [-0.2, 0) is 11.8 Å². The summed E-state index contributed by atoms with van der Waals surface area (Å²) >= 11 is 0. The minimum Gasteiger partial charge on any atom is -0.381 e. The van der Waals surface area contributed by atoms with E-state index in [1.807, 2.05) is 24.9 Å². The molecule has 7 rings (SSSR count). The predicted octanol–water partition coefficient (Wildman–Crippen LogP) is 4.52. The predicted molar refractivity (Wildman–Crippen MR) is 140 cm³/mol. The van der Waals surface area contributed by atoms with Gasteiger partial charge in [-0.25, -0.2) is 9.67 Å². The molecule has 0 saturated carbocycles. The third kappa shape index (κ3) is 3.47. The number of rotatable bonds is 5. The molecule has 8 nitrogen and oxygen atoms in total. The second-order valence-corrected chi connectivity index (χ2v) is 9.94. The van der Waals surface area contributed by atoms with Crippen molar-refractivity contribution in [3.8, 4) is 11.3 Å². The van der Waals surface area contributed by atoms with Gasteiger partial charge in [0.2, 0.25) is 0 Å². The fraction of sp³-hybridized carbons (Fsp3) is 0.357. The van der Waals surface area contributed by atoms with Gasteiger partial charge in [0, 0.05) is 50.5 Å². The molecule has 5 aromatic rings. The summed E-state index contributed by atoms with van der Waals surface area (Å²) < 4.78 is 10.1. The van der Waals surface area contributed by atoms with E-state index < -0.39 is 0 Å². The summed E-state index contributed by atoms with van der Waals surface area (Å²) in [6, 6.07) is 17.6. The average Bonchev–Trinajstić information content (AvgIpc) is 3.66. The number of pyridine rings is 2. The molecule has 1 atom stereocenters. The Balaban J connectivity index is 1.53. The minimum atomic E-state index is 0.134. The Morgan fingerprint density at radius 2 is 1.83 bits per heavy atom. The van der Waals surface area contributed by atoms with Crippen LogP contribution in [0.2, 0.25) is 0 Å². The lowest BCUT2D eigenvalue weighted by molar-refractivity contribution is 0.0552. The molecule has 182 valence electrons. The van der Waals surface area contributed by atoms with Crippen molar-refractivity contribution in [1.29, 1.82) is 0 Å². The van der Waals surface area contributed by atoms with Crippen molar-refractivity contribution in [3.63, 3.8) is 0 Å². The van der Waals surface area contributed by atoms with Crippen LogP contribution in [0.3, 0.4) is 0 Å². The number of ether oxygens (including phenoxy) is 1. The van der Waals surface area contributed by atoms with Gasteiger partial charge in [0.05, 0.1) is 28.5 Å². The molecule has 2 fully saturated rings. The van der Waals surface area contributed by atoms with Crippen LogP contribution in [0.1, 0.15) is 30.1 Å². The smallest absolute Gasteiger partial charge is 0.145 e. The summed E-state index contributed by atoms with van der Waals surface area (Å²) in [5.74, 6) is 1.48. The zero-order valence-electron chi connectivity index (χ0n) is 20.6. The summed E-state index contributed by atoms with van der Waals surface area (Å²) in [5.41, 5.74) is 7.28. The number of hydrogen-bond donors (Lipinski definition) is 0. The molecule has 2 saturated heterocycles. The molecule has 1 unspecified atom stereocenters. The zero-order valence-corrected chi connectivity index (χ0v) is 20.6. The first-order valence-corrected chi connectivity index (χ1v) is 12.7. The normalized spacial score (nSPS) is 17.2. The maximum atomic E-state index is 5.77. The van der Waals surface area contributed by atoms with Crippen molar-refractivity contribution in [2.45, 2.75) is 25.8 Å². The van der Waals surface area contributed by atoms with Gasteiger partial charge in [-0.1, -0.05) is 35.5 Å². The minimum absolute atomic E-state index is 0.134. The van der Waals surface area contributed by atoms with Crippen molar-refractivity contribution in [2.24, 2.45) is 13.0 Å². The lowest BCUT2D eigenvalue weighted by Gasteiger charge is -2.32. The van der Waals surface area contributed by atoms with E-state index in [0.29, 0.717) is 5.92 Å². The van der Waals surface area contributed by atoms with Crippen LogP contribution in [0, 0.1) is 12.8 Å². The highest BCUT2D eigenvalue weighted by molar-refractivity contribution is 6.05. The van der Waals surface area contributed by atoms with Crippen molar-refractivity contribution < 1.29 is 4.74 Å². The number of aromatic nitrogens is 6. The molecular formula is C28H29N7O. The Kier molecular flexibility index (Phi) is 5.02. The SMILES string of the molecule is Cc1nnn(C)c1-c1cnc2c3ccc(N4CC4)nc3n(C(c3ccccc3)C3CCOCC3)c2c1. The fourth-order valence-corrected chi connectivity index (χ4v) is 5.80. The number of anilines is 1. The summed E-state index contributed by atoms with van der Waals surface area (Å²) in [5, 5.41) is 9.60. The second-order valence-electron chi connectivity index (χ2n) is 9.94. The average molecular weight is 480 g/mol. The molecule has 36 heavy (non-hydrogen) atoms. The first kappa shape index (κ1) is 21.5. The monoisotopic (exact) mass is 479 g/mol. The Bertz CT molecular complexity index is 1540. The molecule has 4 aromatic heterocycles. The van der Waals surface area contributed by atoms with Gasteiger partial charge in [-0.3, -0.25) is 4.98 Å². The van der Waals surface area contributed by atoms with E-state index >= 15 is 0 Å². The third-order valence-electron chi connectivity index (χ3n) is 7.64. The number of benzene rings is 1. The lowest BCUT2D eigenvalue weighted by Crippen LogP contribution is -2.27. The van der Waals surface area contributed by atoms with Gasteiger partial charge in [-0.2, -0.15) is 0 Å². The highest BCUT2D eigenvalue weighted by Gasteiger charge is 2.31. The van der Waals surface area contributed by atoms with Gasteiger partial charge in [0.15, 0.2) is 0 Å². The van der Waals surface area contributed by atoms with Gasteiger partial charge >= 0.3 is 0 Å². The van der Waals surface area contributed by atoms with Gasteiger partial charge in [0.25, 0.3) is 0 Å². The molecule has 0 amide bonds. The molecule has 0 radical (unpaired) electrons. The van der Waals surface area contributed by atoms with Crippen molar-refractivity contribution in [3.05, 3.63) is 66.0 Å². The molecule has 0 bridgehead atoms. The van der Waals surface area contributed by atoms with Crippen LogP contribution in [0.25, 0.3) is 33.3 Å². The summed E-state index contributed by atoms with van der Waals surface area (Å²) in [7, 11) is 1.93. The molecule has 0 N–H and O–H groups in total. The fourth-order valence-electron chi connectivity index (χ4n) is 5.80. The topological polar surface area (TPSA) is 73.7 Å². The second kappa shape index (κ2) is 8.41. The maximum Gasteiger partial charge on any atom is 0.145 e. The molecule has 0 spiro atoms. The highest BCUT2D eigenvalue weighted by atomic mass is 16.5. The molecule has 1 aromatic carbocycles. The number of nitrogens with zero attached hydrogens (tertiary/aromatic N) is 7. The Morgan fingerprint density at radius 1 is 1.03 bits per heavy atom. The Hall–Kier alpha value is -3.78. The van der Waals surface area contributed by atoms with Crippen LogP contribution in [0.4, 0.5) is 5.82 Å². The molecule has 6 heterocycles. The maximum absolute atomic E-state index is 5.77. The van der Waals surface area contributed by atoms with Gasteiger partial charge in [-0.15, -0.1) is 5.10 Å². The van der Waals surface area contributed by atoms with Crippen LogP contribution >= 0.6 is 0 Å². The third-order valence-corrected chi connectivity index (χ3v) is 7.64. The van der Waals surface area contributed by atoms with E-state index in [9.17, 15) is 0 Å². The standard InChI is InChI=1S/C28H29N7O/c1-18-26(33(2)32-31-18)21-16-23-25(29-17-21)22-8-9-24(34-12-13-34)30-28(22)35(23)27(19-6-4-3-5-7-19)20-10-14-36-15-11-20/h3-9,16-17,20,27H,10-15H2,1-2H3. The van der Waals surface area contributed by atoms with E-state index in [0.717, 1.165) is 84.0 Å². The molecule has 0 aliphatic carbocycles. The Labute approximate surface area is 209 Å². The van der Waals surface area contributed by atoms with Crippen molar-refractivity contribution in [2.75, 3.05) is 31.2 Å². The number of aryl methyl sites for hydroxylation is 2. The number of fused-ring (bicyclic) bond motifs is 3. The molecule has 2 aliphatic rings. The van der Waals surface area contributed by atoms with Crippen molar-refractivity contribution >= 4 is 27.9 Å². The largest absolute Gasteiger partial charge is 0.381 e. The number of hydrogen-bond acceptors (Lipinski definition) is 6. The highest BCUT2D eigenvalue weighted by Crippen LogP contribution is 2.41. The van der Waals surface area contributed by atoms with E-state index in [-0.39, 0.29) is 6.04 Å². The summed E-state index contributed by atoms with van der Waals surface area (Å²) in [6.45, 7) is 5.71. The molecular weight excluding hydrogens is 450 g/mol. The van der Waals surface area contributed by atoms with E-state index in [1.165, 1.54) is 5.56 Å². The summed E-state index contributed by atoms with van der Waals surface area (Å²) in [6.07, 6.45) is 3.98. The molecule has 8 heteroatoms. The summed E-state index contributed by atoms with van der Waals surface area (Å²) in [4.78, 5) is 12.5. The van der Waals surface area contributed by atoms with Crippen LogP contribution in [-0.4, -0.2) is 55.8 Å². The van der Waals surface area contributed by atoms with Crippen LogP contribution < -0.4 is 4.90 Å². The first-order valence-electron chi connectivity index (χ1n) is 12.7. The lowest BCUT2D eigenvalue weighted by atomic mass is 9.86. The first-order chi connectivity index (χ1) is 17.7. The van der Waals surface area contributed by atoms with Crippen molar-refractivity contribution in [1.82, 2.24) is 29.5 Å². The quantitative estimate of drug-likeness (QED) is 0.345. The Morgan fingerprint density at radius 3 is 2.56 bits per heavy atom.